The highest BCUT2D eigenvalue weighted by Crippen LogP contribution is 2.21. The van der Waals surface area contributed by atoms with Crippen molar-refractivity contribution >= 4 is 23.4 Å². The number of hydrogen-bond acceptors (Lipinski definition) is 4. The Kier molecular flexibility index (Phi) is 6.91. The Labute approximate surface area is 118 Å². The number of carbonyl (C=O) groups excluding carboxylic acids is 1. The van der Waals surface area contributed by atoms with Crippen LogP contribution < -0.4 is 5.32 Å². The van der Waals surface area contributed by atoms with Crippen LogP contribution in [0.15, 0.2) is 29.2 Å². The zero-order valence-corrected chi connectivity index (χ0v) is 12.4. The van der Waals surface area contributed by atoms with Crippen LogP contribution in [0, 0.1) is 0 Å². The van der Waals surface area contributed by atoms with Crippen LogP contribution in [0.5, 0.6) is 0 Å². The van der Waals surface area contributed by atoms with E-state index in [2.05, 4.69) is 5.32 Å². The van der Waals surface area contributed by atoms with Crippen LogP contribution in [0.3, 0.4) is 0 Å². The maximum atomic E-state index is 10.9. The molecule has 0 aromatic heterocycles. The lowest BCUT2D eigenvalue weighted by Crippen LogP contribution is -2.20. The molecule has 0 heterocycles. The van der Waals surface area contributed by atoms with Crippen molar-refractivity contribution in [3.05, 3.63) is 24.3 Å². The molecule has 0 aliphatic rings. The van der Waals surface area contributed by atoms with E-state index >= 15 is 0 Å². The normalized spacial score (nSPS) is 12.5. The van der Waals surface area contributed by atoms with Gasteiger partial charge in [0.05, 0.1) is 18.8 Å². The quantitative estimate of drug-likeness (QED) is 0.755. The van der Waals surface area contributed by atoms with E-state index in [1.54, 1.807) is 11.8 Å². The Hall–Kier alpha value is -1.04. The first-order valence-electron chi connectivity index (χ1n) is 6.27. The largest absolute Gasteiger partial charge is 0.390 e. The van der Waals surface area contributed by atoms with Crippen molar-refractivity contribution < 1.29 is 14.6 Å². The molecule has 0 aliphatic heterocycles. The maximum Gasteiger partial charge on any atom is 0.221 e. The molecule has 1 aromatic rings. The molecule has 1 unspecified atom stereocenters. The third-order valence-corrected chi connectivity index (χ3v) is 3.40. The molecule has 5 heteroatoms. The molecule has 0 aliphatic carbocycles. The van der Waals surface area contributed by atoms with Gasteiger partial charge in [-0.2, -0.15) is 0 Å². The number of hydrogen-bond donors (Lipinski definition) is 2. The average Bonchev–Trinajstić information content (AvgIpc) is 2.35. The van der Waals surface area contributed by atoms with E-state index in [4.69, 9.17) is 4.74 Å². The Bertz CT molecular complexity index is 392. The SMILES string of the molecule is CC(=O)Nc1ccc(SCC(O)COC(C)C)cc1. The van der Waals surface area contributed by atoms with Gasteiger partial charge in [-0.3, -0.25) is 4.79 Å². The predicted octanol–water partition coefficient (Wildman–Crippen LogP) is 2.52. The molecular formula is C14H21NO3S. The van der Waals surface area contributed by atoms with Gasteiger partial charge in [-0.25, -0.2) is 0 Å². The van der Waals surface area contributed by atoms with E-state index in [1.807, 2.05) is 38.1 Å². The van der Waals surface area contributed by atoms with Gasteiger partial charge in [-0.05, 0) is 38.1 Å². The Morgan fingerprint density at radius 1 is 1.37 bits per heavy atom. The lowest BCUT2D eigenvalue weighted by Gasteiger charge is -2.13. The van der Waals surface area contributed by atoms with Crippen LogP contribution in [0.4, 0.5) is 5.69 Å². The summed E-state index contributed by atoms with van der Waals surface area (Å²) in [5.74, 6) is 0.508. The second-order valence-electron chi connectivity index (χ2n) is 4.55. The highest BCUT2D eigenvalue weighted by molar-refractivity contribution is 7.99. The number of carbonyl (C=O) groups is 1. The number of benzene rings is 1. The summed E-state index contributed by atoms with van der Waals surface area (Å²) in [6.45, 7) is 5.73. The number of ether oxygens (including phenoxy) is 1. The summed E-state index contributed by atoms with van der Waals surface area (Å²) in [6.07, 6.45) is -0.334. The third kappa shape index (κ3) is 7.20. The Balaban J connectivity index is 2.35. The van der Waals surface area contributed by atoms with Crippen LogP contribution >= 0.6 is 11.8 Å². The van der Waals surface area contributed by atoms with Crippen molar-refractivity contribution in [3.63, 3.8) is 0 Å². The number of amides is 1. The summed E-state index contributed by atoms with van der Waals surface area (Å²) in [5, 5.41) is 12.4. The smallest absolute Gasteiger partial charge is 0.221 e. The van der Waals surface area contributed by atoms with Crippen molar-refractivity contribution in [1.29, 1.82) is 0 Å². The lowest BCUT2D eigenvalue weighted by molar-refractivity contribution is -0.114. The zero-order chi connectivity index (χ0) is 14.3. The van der Waals surface area contributed by atoms with Crippen LogP contribution in [0.2, 0.25) is 0 Å². The molecule has 0 bridgehead atoms. The van der Waals surface area contributed by atoms with Gasteiger partial charge in [-0.15, -0.1) is 11.8 Å². The average molecular weight is 283 g/mol. The minimum atomic E-state index is -0.470. The molecule has 0 fully saturated rings. The Morgan fingerprint density at radius 2 is 2.00 bits per heavy atom. The highest BCUT2D eigenvalue weighted by atomic mass is 32.2. The molecular weight excluding hydrogens is 262 g/mol. The van der Waals surface area contributed by atoms with Crippen molar-refractivity contribution in [2.45, 2.75) is 37.9 Å². The number of thioether (sulfide) groups is 1. The molecule has 2 N–H and O–H groups in total. The summed E-state index contributed by atoms with van der Waals surface area (Å²) in [7, 11) is 0. The zero-order valence-electron chi connectivity index (χ0n) is 11.6. The number of aliphatic hydroxyl groups excluding tert-OH is 1. The van der Waals surface area contributed by atoms with Gasteiger partial charge in [0, 0.05) is 23.3 Å². The number of anilines is 1. The molecule has 0 saturated carbocycles. The van der Waals surface area contributed by atoms with E-state index in [9.17, 15) is 9.90 Å². The molecule has 0 saturated heterocycles. The first-order chi connectivity index (χ1) is 8.97. The van der Waals surface area contributed by atoms with Gasteiger partial charge >= 0.3 is 0 Å². The molecule has 0 radical (unpaired) electrons. The minimum Gasteiger partial charge on any atom is -0.390 e. The molecule has 1 aromatic carbocycles. The topological polar surface area (TPSA) is 58.6 Å². The van der Waals surface area contributed by atoms with Gasteiger partial charge in [0.2, 0.25) is 5.91 Å². The molecule has 0 spiro atoms. The van der Waals surface area contributed by atoms with Crippen molar-refractivity contribution in [1.82, 2.24) is 0 Å². The van der Waals surface area contributed by atoms with Crippen LogP contribution in [-0.4, -0.2) is 35.6 Å². The summed E-state index contributed by atoms with van der Waals surface area (Å²) in [6, 6.07) is 7.54. The van der Waals surface area contributed by atoms with Crippen LogP contribution in [0.1, 0.15) is 20.8 Å². The molecule has 1 atom stereocenters. The van der Waals surface area contributed by atoms with Crippen molar-refractivity contribution in [2.75, 3.05) is 17.7 Å². The monoisotopic (exact) mass is 283 g/mol. The molecule has 19 heavy (non-hydrogen) atoms. The highest BCUT2D eigenvalue weighted by Gasteiger charge is 2.06. The second kappa shape index (κ2) is 8.19. The molecule has 4 nitrogen and oxygen atoms in total. The predicted molar refractivity (Wildman–Crippen MR) is 78.6 cm³/mol. The van der Waals surface area contributed by atoms with Gasteiger partial charge in [0.15, 0.2) is 0 Å². The fourth-order valence-electron chi connectivity index (χ4n) is 1.38. The number of aliphatic hydroxyl groups is 1. The van der Waals surface area contributed by atoms with Crippen LogP contribution in [0.25, 0.3) is 0 Å². The van der Waals surface area contributed by atoms with Gasteiger partial charge in [-0.1, -0.05) is 0 Å². The van der Waals surface area contributed by atoms with Crippen LogP contribution in [-0.2, 0) is 9.53 Å². The fourth-order valence-corrected chi connectivity index (χ4v) is 2.19. The summed E-state index contributed by atoms with van der Waals surface area (Å²) >= 11 is 1.57. The lowest BCUT2D eigenvalue weighted by atomic mass is 10.3. The summed E-state index contributed by atoms with van der Waals surface area (Å²) in [4.78, 5) is 11.9. The maximum absolute atomic E-state index is 10.9. The van der Waals surface area contributed by atoms with Crippen molar-refractivity contribution in [2.24, 2.45) is 0 Å². The fraction of sp³-hybridized carbons (Fsp3) is 0.500. The van der Waals surface area contributed by atoms with Gasteiger partial charge in [0.1, 0.15) is 0 Å². The van der Waals surface area contributed by atoms with E-state index in [1.165, 1.54) is 6.92 Å². The molecule has 1 rings (SSSR count). The number of nitrogens with one attached hydrogen (secondary N) is 1. The summed E-state index contributed by atoms with van der Waals surface area (Å²) in [5.41, 5.74) is 0.778. The van der Waals surface area contributed by atoms with Gasteiger partial charge < -0.3 is 15.2 Å². The standard InChI is InChI=1S/C14H21NO3S/c1-10(2)18-8-13(17)9-19-14-6-4-12(5-7-14)15-11(3)16/h4-7,10,13,17H,8-9H2,1-3H3,(H,15,16). The number of rotatable bonds is 7. The van der Waals surface area contributed by atoms with Gasteiger partial charge in [0.25, 0.3) is 0 Å². The van der Waals surface area contributed by atoms with E-state index in [0.717, 1.165) is 10.6 Å². The first kappa shape index (κ1) is 16.0. The van der Waals surface area contributed by atoms with E-state index < -0.39 is 6.10 Å². The third-order valence-electron chi connectivity index (χ3n) is 2.24. The Morgan fingerprint density at radius 3 is 2.53 bits per heavy atom. The summed E-state index contributed by atoms with van der Waals surface area (Å²) < 4.78 is 5.34. The minimum absolute atomic E-state index is 0.0818. The molecule has 106 valence electrons. The van der Waals surface area contributed by atoms with Crippen molar-refractivity contribution in [3.8, 4) is 0 Å². The van der Waals surface area contributed by atoms with E-state index in [0.29, 0.717) is 12.4 Å². The van der Waals surface area contributed by atoms with E-state index in [-0.39, 0.29) is 12.0 Å². The second-order valence-corrected chi connectivity index (χ2v) is 5.65. The first-order valence-corrected chi connectivity index (χ1v) is 7.26. The molecule has 1 amide bonds.